The third-order valence-corrected chi connectivity index (χ3v) is 2.10. The number of nitrogens with two attached hydrogens (primary N) is 1. The number of nitrogens with one attached hydrogen (secondary N) is 1. The Kier molecular flexibility index (Phi) is 2.79. The SMILES string of the molecule is NC(=O)OCC#Cc1c[nH]c2ccccc12. The van der Waals surface area contributed by atoms with Crippen LogP contribution in [0, 0.1) is 11.8 Å². The molecule has 80 valence electrons. The molecule has 0 aliphatic carbocycles. The maximum atomic E-state index is 10.3. The van der Waals surface area contributed by atoms with Crippen LogP contribution in [0.3, 0.4) is 0 Å². The van der Waals surface area contributed by atoms with Gasteiger partial charge in [0.05, 0.1) is 0 Å². The highest BCUT2D eigenvalue weighted by Gasteiger charge is 1.98. The number of aromatic nitrogens is 1. The van der Waals surface area contributed by atoms with Gasteiger partial charge in [0.2, 0.25) is 0 Å². The minimum Gasteiger partial charge on any atom is -0.437 e. The van der Waals surface area contributed by atoms with Gasteiger partial charge >= 0.3 is 6.09 Å². The molecule has 3 N–H and O–H groups in total. The summed E-state index contributed by atoms with van der Waals surface area (Å²) in [5.41, 5.74) is 6.72. The van der Waals surface area contributed by atoms with Crippen LogP contribution in [0.4, 0.5) is 4.79 Å². The van der Waals surface area contributed by atoms with Crippen molar-refractivity contribution in [2.45, 2.75) is 0 Å². The minimum absolute atomic E-state index is 0.00877. The molecule has 2 rings (SSSR count). The molecule has 1 aromatic carbocycles. The summed E-state index contributed by atoms with van der Waals surface area (Å²) in [5, 5.41) is 1.05. The lowest BCUT2D eigenvalue weighted by molar-refractivity contribution is 0.171. The fourth-order valence-corrected chi connectivity index (χ4v) is 1.41. The number of hydrogen-bond donors (Lipinski definition) is 2. The second kappa shape index (κ2) is 4.41. The molecule has 0 spiro atoms. The van der Waals surface area contributed by atoms with E-state index in [2.05, 4.69) is 21.6 Å². The lowest BCUT2D eigenvalue weighted by atomic mass is 10.2. The van der Waals surface area contributed by atoms with Crippen molar-refractivity contribution in [1.29, 1.82) is 0 Å². The number of fused-ring (bicyclic) bond motifs is 1. The molecule has 0 fully saturated rings. The van der Waals surface area contributed by atoms with E-state index < -0.39 is 6.09 Å². The Balaban J connectivity index is 2.18. The Morgan fingerprint density at radius 1 is 1.44 bits per heavy atom. The number of ether oxygens (including phenoxy) is 1. The molecule has 1 aromatic heterocycles. The first-order valence-corrected chi connectivity index (χ1v) is 4.74. The molecule has 1 amide bonds. The van der Waals surface area contributed by atoms with E-state index in [-0.39, 0.29) is 6.61 Å². The zero-order chi connectivity index (χ0) is 11.4. The van der Waals surface area contributed by atoms with E-state index in [4.69, 9.17) is 5.73 Å². The Hall–Kier alpha value is -2.41. The summed E-state index contributed by atoms with van der Waals surface area (Å²) in [5.74, 6) is 5.63. The van der Waals surface area contributed by atoms with E-state index in [0.717, 1.165) is 16.5 Å². The Morgan fingerprint density at radius 2 is 2.25 bits per heavy atom. The molecule has 0 unspecified atom stereocenters. The molecular formula is C12H10N2O2. The van der Waals surface area contributed by atoms with Crippen LogP contribution in [0.5, 0.6) is 0 Å². The average molecular weight is 214 g/mol. The average Bonchev–Trinajstić information content (AvgIpc) is 2.68. The number of rotatable bonds is 1. The van der Waals surface area contributed by atoms with Gasteiger partial charge in [-0.25, -0.2) is 4.79 Å². The van der Waals surface area contributed by atoms with E-state index in [0.29, 0.717) is 0 Å². The first-order chi connectivity index (χ1) is 7.77. The fourth-order valence-electron chi connectivity index (χ4n) is 1.41. The largest absolute Gasteiger partial charge is 0.437 e. The highest BCUT2D eigenvalue weighted by Crippen LogP contribution is 2.16. The summed E-state index contributed by atoms with van der Waals surface area (Å²) in [6.07, 6.45) is 1.01. The smallest absolute Gasteiger partial charge is 0.405 e. The molecule has 2 aromatic rings. The molecule has 0 aliphatic rings. The van der Waals surface area contributed by atoms with Crippen LogP contribution in [0.25, 0.3) is 10.9 Å². The van der Waals surface area contributed by atoms with E-state index >= 15 is 0 Å². The van der Waals surface area contributed by atoms with Gasteiger partial charge in [-0.3, -0.25) is 0 Å². The van der Waals surface area contributed by atoms with Crippen molar-refractivity contribution in [3.63, 3.8) is 0 Å². The lowest BCUT2D eigenvalue weighted by Crippen LogP contribution is -2.12. The zero-order valence-electron chi connectivity index (χ0n) is 8.49. The second-order valence-electron chi connectivity index (χ2n) is 3.16. The standard InChI is InChI=1S/C12H10N2O2/c13-12(15)16-7-3-4-9-8-14-11-6-2-1-5-10(9)11/h1-2,5-6,8,14H,7H2,(H2,13,15). The van der Waals surface area contributed by atoms with Crippen LogP contribution in [0.1, 0.15) is 5.56 Å². The highest BCUT2D eigenvalue weighted by molar-refractivity contribution is 5.85. The van der Waals surface area contributed by atoms with Gasteiger partial charge in [0, 0.05) is 22.7 Å². The van der Waals surface area contributed by atoms with Crippen molar-refractivity contribution in [1.82, 2.24) is 4.98 Å². The summed E-state index contributed by atoms with van der Waals surface area (Å²) in [6, 6.07) is 7.85. The molecule has 0 radical (unpaired) electrons. The quantitative estimate of drug-likeness (QED) is 0.708. The molecule has 0 saturated carbocycles. The summed E-state index contributed by atoms with van der Waals surface area (Å²) in [4.78, 5) is 13.4. The summed E-state index contributed by atoms with van der Waals surface area (Å²) < 4.78 is 4.51. The first-order valence-electron chi connectivity index (χ1n) is 4.74. The number of carbonyl (C=O) groups is 1. The highest BCUT2D eigenvalue weighted by atomic mass is 16.5. The number of amides is 1. The van der Waals surface area contributed by atoms with Crippen molar-refractivity contribution in [2.75, 3.05) is 6.61 Å². The number of carbonyl (C=O) groups excluding carboxylic acids is 1. The monoisotopic (exact) mass is 214 g/mol. The molecule has 1 heterocycles. The second-order valence-corrected chi connectivity index (χ2v) is 3.16. The molecule has 0 atom stereocenters. The van der Waals surface area contributed by atoms with E-state index in [1.807, 2.05) is 30.5 Å². The third kappa shape index (κ3) is 2.15. The van der Waals surface area contributed by atoms with Gasteiger partial charge < -0.3 is 15.5 Å². The Morgan fingerprint density at radius 3 is 3.06 bits per heavy atom. The normalized spacial score (nSPS) is 9.50. The fraction of sp³-hybridized carbons (Fsp3) is 0.0833. The summed E-state index contributed by atoms with van der Waals surface area (Å²) >= 11 is 0. The van der Waals surface area contributed by atoms with Crippen molar-refractivity contribution >= 4 is 17.0 Å². The first kappa shape index (κ1) is 10.1. The van der Waals surface area contributed by atoms with Crippen LogP contribution in [0.2, 0.25) is 0 Å². The predicted octanol–water partition coefficient (Wildman–Crippen LogP) is 1.61. The number of benzene rings is 1. The molecule has 4 nitrogen and oxygen atoms in total. The van der Waals surface area contributed by atoms with Crippen molar-refractivity contribution < 1.29 is 9.53 Å². The minimum atomic E-state index is -0.812. The van der Waals surface area contributed by atoms with Crippen LogP contribution in [0.15, 0.2) is 30.5 Å². The van der Waals surface area contributed by atoms with Crippen LogP contribution < -0.4 is 5.73 Å². The number of aromatic amines is 1. The van der Waals surface area contributed by atoms with Gasteiger partial charge in [-0.2, -0.15) is 0 Å². The topological polar surface area (TPSA) is 68.1 Å². The van der Waals surface area contributed by atoms with Gasteiger partial charge in [0.15, 0.2) is 6.61 Å². The van der Waals surface area contributed by atoms with Crippen LogP contribution in [-0.2, 0) is 4.74 Å². The maximum absolute atomic E-state index is 10.3. The van der Waals surface area contributed by atoms with Crippen molar-refractivity contribution in [3.8, 4) is 11.8 Å². The Labute approximate surface area is 92.4 Å². The molecule has 16 heavy (non-hydrogen) atoms. The van der Waals surface area contributed by atoms with E-state index in [9.17, 15) is 4.79 Å². The molecular weight excluding hydrogens is 204 g/mol. The number of hydrogen-bond acceptors (Lipinski definition) is 2. The third-order valence-electron chi connectivity index (χ3n) is 2.10. The van der Waals surface area contributed by atoms with Crippen molar-refractivity contribution in [3.05, 3.63) is 36.0 Å². The summed E-state index contributed by atoms with van der Waals surface area (Å²) in [7, 11) is 0. The molecule has 0 bridgehead atoms. The lowest BCUT2D eigenvalue weighted by Gasteiger charge is -1.91. The Bertz CT molecular complexity index is 575. The number of para-hydroxylation sites is 1. The molecule has 0 saturated heterocycles. The number of H-pyrrole nitrogens is 1. The van der Waals surface area contributed by atoms with Gasteiger partial charge in [-0.1, -0.05) is 30.0 Å². The molecule has 0 aliphatic heterocycles. The number of primary amides is 1. The zero-order valence-corrected chi connectivity index (χ0v) is 8.49. The van der Waals surface area contributed by atoms with Gasteiger partial charge in [-0.15, -0.1) is 0 Å². The maximum Gasteiger partial charge on any atom is 0.405 e. The van der Waals surface area contributed by atoms with E-state index in [1.54, 1.807) is 0 Å². The van der Waals surface area contributed by atoms with Gasteiger partial charge in [-0.05, 0) is 6.07 Å². The summed E-state index contributed by atoms with van der Waals surface area (Å²) in [6.45, 7) is 0.00877. The van der Waals surface area contributed by atoms with Crippen LogP contribution >= 0.6 is 0 Å². The van der Waals surface area contributed by atoms with Crippen molar-refractivity contribution in [2.24, 2.45) is 5.73 Å². The van der Waals surface area contributed by atoms with E-state index in [1.165, 1.54) is 0 Å². The van der Waals surface area contributed by atoms with Gasteiger partial charge in [0.1, 0.15) is 0 Å². The van der Waals surface area contributed by atoms with Crippen LogP contribution in [-0.4, -0.2) is 17.7 Å². The predicted molar refractivity (Wildman–Crippen MR) is 60.7 cm³/mol. The molecule has 4 heteroatoms. The van der Waals surface area contributed by atoms with Gasteiger partial charge in [0.25, 0.3) is 0 Å².